The predicted octanol–water partition coefficient (Wildman–Crippen LogP) is 4.60. The number of anilines is 3. The van der Waals surface area contributed by atoms with Gasteiger partial charge < -0.3 is 20.0 Å². The second kappa shape index (κ2) is 9.46. The van der Waals surface area contributed by atoms with Crippen molar-refractivity contribution in [1.29, 1.82) is 0 Å². The Balaban J connectivity index is 1.71. The highest BCUT2D eigenvalue weighted by atomic mass is 16.2. The molecule has 0 saturated carbocycles. The molecule has 3 atom stereocenters. The summed E-state index contributed by atoms with van der Waals surface area (Å²) in [5.74, 6) is 0.475. The lowest BCUT2D eigenvalue weighted by molar-refractivity contribution is -0.129. The number of piperazine rings is 1. The van der Waals surface area contributed by atoms with Crippen molar-refractivity contribution in [2.24, 2.45) is 5.92 Å². The molecule has 4 rings (SSSR count). The highest BCUT2D eigenvalue weighted by Gasteiger charge is 2.40. The summed E-state index contributed by atoms with van der Waals surface area (Å²) in [6.07, 6.45) is 0.904. The van der Waals surface area contributed by atoms with E-state index in [1.807, 2.05) is 9.80 Å². The molecule has 2 aliphatic rings. The zero-order valence-electron chi connectivity index (χ0n) is 20.5. The fourth-order valence-electron chi connectivity index (χ4n) is 5.40. The standard InChI is InChI=1S/C27H36N4O2/c1-6-25-19(3)27(28-22-9-7-18(2)8-10-22)24-17-23(11-12-26(24)31(25)21(5)33)30-15-13-29(14-16-30)20(4)32/h7-12,17,19,25,27-28H,6,13-16H2,1-5H3/t19?,25?,27-/m1/s1. The average Bonchev–Trinajstić information content (AvgIpc) is 2.81. The summed E-state index contributed by atoms with van der Waals surface area (Å²) in [5.41, 5.74) is 5.64. The lowest BCUT2D eigenvalue weighted by Crippen LogP contribution is -2.50. The Kier molecular flexibility index (Phi) is 6.63. The number of benzene rings is 2. The number of hydrogen-bond acceptors (Lipinski definition) is 4. The third-order valence-corrected chi connectivity index (χ3v) is 7.29. The minimum atomic E-state index is 0.0894. The van der Waals surface area contributed by atoms with Gasteiger partial charge in [-0.25, -0.2) is 0 Å². The molecule has 0 aromatic heterocycles. The largest absolute Gasteiger partial charge is 0.378 e. The molecule has 2 unspecified atom stereocenters. The van der Waals surface area contributed by atoms with Gasteiger partial charge in [0, 0.05) is 74.6 Å². The molecule has 0 aliphatic carbocycles. The molecule has 2 amide bonds. The van der Waals surface area contributed by atoms with E-state index >= 15 is 0 Å². The predicted molar refractivity (Wildman–Crippen MR) is 135 cm³/mol. The van der Waals surface area contributed by atoms with E-state index < -0.39 is 0 Å². The number of nitrogens with zero attached hydrogens (tertiary/aromatic N) is 3. The van der Waals surface area contributed by atoms with E-state index in [9.17, 15) is 9.59 Å². The van der Waals surface area contributed by atoms with Gasteiger partial charge in [-0.1, -0.05) is 31.5 Å². The van der Waals surface area contributed by atoms with Crippen molar-refractivity contribution in [3.63, 3.8) is 0 Å². The van der Waals surface area contributed by atoms with Crippen LogP contribution in [0.4, 0.5) is 17.1 Å². The molecule has 2 aromatic carbocycles. The number of amides is 2. The number of fused-ring (bicyclic) bond motifs is 1. The number of carbonyl (C=O) groups is 2. The summed E-state index contributed by atoms with van der Waals surface area (Å²) in [6.45, 7) is 12.9. The molecule has 6 heteroatoms. The van der Waals surface area contributed by atoms with Crippen LogP contribution in [0.3, 0.4) is 0 Å². The maximum Gasteiger partial charge on any atom is 0.224 e. The maximum atomic E-state index is 12.7. The summed E-state index contributed by atoms with van der Waals surface area (Å²) in [7, 11) is 0. The summed E-state index contributed by atoms with van der Waals surface area (Å²) in [6, 6.07) is 15.2. The van der Waals surface area contributed by atoms with Crippen LogP contribution in [0, 0.1) is 12.8 Å². The molecular formula is C27H36N4O2. The Hall–Kier alpha value is -3.02. The molecule has 2 heterocycles. The van der Waals surface area contributed by atoms with Crippen LogP contribution in [0.25, 0.3) is 0 Å². The van der Waals surface area contributed by atoms with Crippen LogP contribution in [0.2, 0.25) is 0 Å². The smallest absolute Gasteiger partial charge is 0.224 e. The molecule has 6 nitrogen and oxygen atoms in total. The fourth-order valence-corrected chi connectivity index (χ4v) is 5.40. The number of hydrogen-bond donors (Lipinski definition) is 1. The van der Waals surface area contributed by atoms with Crippen LogP contribution >= 0.6 is 0 Å². The van der Waals surface area contributed by atoms with E-state index in [1.165, 1.54) is 5.56 Å². The number of nitrogens with one attached hydrogen (secondary N) is 1. The van der Waals surface area contributed by atoms with Gasteiger partial charge in [-0.05, 0) is 43.7 Å². The normalized spacial score (nSPS) is 22.7. The number of rotatable bonds is 4. The van der Waals surface area contributed by atoms with E-state index in [0.717, 1.165) is 55.2 Å². The van der Waals surface area contributed by atoms with Gasteiger partial charge in [0.1, 0.15) is 0 Å². The van der Waals surface area contributed by atoms with Crippen molar-refractivity contribution in [2.75, 3.05) is 41.3 Å². The average molecular weight is 449 g/mol. The molecule has 0 bridgehead atoms. The summed E-state index contributed by atoms with van der Waals surface area (Å²) in [4.78, 5) is 30.7. The Labute approximate surface area is 197 Å². The monoisotopic (exact) mass is 448 g/mol. The zero-order chi connectivity index (χ0) is 23.7. The fraction of sp³-hybridized carbons (Fsp3) is 0.481. The SMILES string of the molecule is CCC1C(C)[C@@H](Nc2ccc(C)cc2)c2cc(N3CCN(C(C)=O)CC3)ccc2N1C(C)=O. The van der Waals surface area contributed by atoms with E-state index in [4.69, 9.17) is 0 Å². The van der Waals surface area contributed by atoms with Gasteiger partial charge in [-0.3, -0.25) is 9.59 Å². The molecule has 1 saturated heterocycles. The molecular weight excluding hydrogens is 412 g/mol. The first kappa shape index (κ1) is 23.1. The molecule has 0 spiro atoms. The van der Waals surface area contributed by atoms with Crippen molar-refractivity contribution in [3.8, 4) is 0 Å². The quantitative estimate of drug-likeness (QED) is 0.743. The molecule has 2 aliphatic heterocycles. The van der Waals surface area contributed by atoms with Crippen LogP contribution < -0.4 is 15.1 Å². The maximum absolute atomic E-state index is 12.7. The molecule has 1 N–H and O–H groups in total. The van der Waals surface area contributed by atoms with Crippen molar-refractivity contribution in [1.82, 2.24) is 4.90 Å². The minimum absolute atomic E-state index is 0.0894. The molecule has 2 aromatic rings. The van der Waals surface area contributed by atoms with Crippen LogP contribution in [-0.2, 0) is 9.59 Å². The molecule has 176 valence electrons. The molecule has 1 fully saturated rings. The Morgan fingerprint density at radius 1 is 0.970 bits per heavy atom. The van der Waals surface area contributed by atoms with Crippen molar-refractivity contribution in [2.45, 2.75) is 53.1 Å². The van der Waals surface area contributed by atoms with Crippen LogP contribution in [0.15, 0.2) is 42.5 Å². The first-order chi connectivity index (χ1) is 15.8. The highest BCUT2D eigenvalue weighted by Crippen LogP contribution is 2.45. The second-order valence-electron chi connectivity index (χ2n) is 9.45. The Morgan fingerprint density at radius 2 is 1.64 bits per heavy atom. The topological polar surface area (TPSA) is 55.9 Å². The summed E-state index contributed by atoms with van der Waals surface area (Å²) < 4.78 is 0. The van der Waals surface area contributed by atoms with E-state index in [0.29, 0.717) is 0 Å². The van der Waals surface area contributed by atoms with Gasteiger partial charge in [-0.2, -0.15) is 0 Å². The van der Waals surface area contributed by atoms with E-state index in [2.05, 4.69) is 73.5 Å². The van der Waals surface area contributed by atoms with Gasteiger partial charge in [0.05, 0.1) is 6.04 Å². The van der Waals surface area contributed by atoms with Gasteiger partial charge >= 0.3 is 0 Å². The van der Waals surface area contributed by atoms with Crippen molar-refractivity contribution < 1.29 is 9.59 Å². The van der Waals surface area contributed by atoms with Gasteiger partial charge in [0.25, 0.3) is 0 Å². The Bertz CT molecular complexity index is 1010. The first-order valence-corrected chi connectivity index (χ1v) is 12.1. The van der Waals surface area contributed by atoms with Crippen molar-refractivity contribution in [3.05, 3.63) is 53.6 Å². The van der Waals surface area contributed by atoms with E-state index in [1.54, 1.807) is 13.8 Å². The van der Waals surface area contributed by atoms with Gasteiger partial charge in [0.2, 0.25) is 11.8 Å². The van der Waals surface area contributed by atoms with Crippen molar-refractivity contribution >= 4 is 28.9 Å². The highest BCUT2D eigenvalue weighted by molar-refractivity contribution is 5.94. The lowest BCUT2D eigenvalue weighted by atomic mass is 9.80. The van der Waals surface area contributed by atoms with Crippen LogP contribution in [0.5, 0.6) is 0 Å². The van der Waals surface area contributed by atoms with E-state index in [-0.39, 0.29) is 29.8 Å². The number of carbonyl (C=O) groups excluding carboxylic acids is 2. The molecule has 0 radical (unpaired) electrons. The number of aryl methyl sites for hydroxylation is 1. The van der Waals surface area contributed by atoms with Gasteiger partial charge in [0.15, 0.2) is 0 Å². The first-order valence-electron chi connectivity index (χ1n) is 12.1. The summed E-state index contributed by atoms with van der Waals surface area (Å²) >= 11 is 0. The third-order valence-electron chi connectivity index (χ3n) is 7.29. The minimum Gasteiger partial charge on any atom is -0.378 e. The summed E-state index contributed by atoms with van der Waals surface area (Å²) in [5, 5.41) is 3.78. The second-order valence-corrected chi connectivity index (χ2v) is 9.45. The zero-order valence-corrected chi connectivity index (χ0v) is 20.5. The third kappa shape index (κ3) is 4.56. The lowest BCUT2D eigenvalue weighted by Gasteiger charge is -2.46. The van der Waals surface area contributed by atoms with Crippen LogP contribution in [0.1, 0.15) is 51.3 Å². The van der Waals surface area contributed by atoms with Gasteiger partial charge in [-0.15, -0.1) is 0 Å². The molecule has 33 heavy (non-hydrogen) atoms. The Morgan fingerprint density at radius 3 is 2.21 bits per heavy atom. The van der Waals surface area contributed by atoms with Crippen LogP contribution in [-0.4, -0.2) is 48.9 Å².